The Hall–Kier alpha value is -1.80. The molecule has 2 heterocycles. The Morgan fingerprint density at radius 1 is 1.09 bits per heavy atom. The van der Waals surface area contributed by atoms with Crippen LogP contribution in [0.1, 0.15) is 17.9 Å². The molecule has 132 valence electrons. The van der Waals surface area contributed by atoms with Crippen LogP contribution in [0.5, 0.6) is 0 Å². The zero-order valence-corrected chi connectivity index (χ0v) is 11.4. The van der Waals surface area contributed by atoms with Gasteiger partial charge < -0.3 is 34.7 Å². The van der Waals surface area contributed by atoms with E-state index >= 15 is 0 Å². The minimum absolute atomic E-state index is 0.0602. The molecule has 1 saturated heterocycles. The molecule has 1 aliphatic rings. The Morgan fingerprint density at radius 3 is 2.00 bits per heavy atom. The van der Waals surface area contributed by atoms with Crippen LogP contribution in [0, 0.1) is 6.92 Å². The van der Waals surface area contributed by atoms with Crippen LogP contribution in [0.25, 0.3) is 0 Å². The van der Waals surface area contributed by atoms with E-state index < -0.39 is 42.9 Å². The van der Waals surface area contributed by atoms with Crippen molar-refractivity contribution in [2.24, 2.45) is 0 Å². The van der Waals surface area contributed by atoms with Crippen LogP contribution >= 0.6 is 0 Å². The number of rotatable bonds is 1. The van der Waals surface area contributed by atoms with Crippen molar-refractivity contribution in [3.05, 3.63) is 11.8 Å². The van der Waals surface area contributed by atoms with Crippen molar-refractivity contribution >= 4 is 5.97 Å². The highest BCUT2D eigenvalue weighted by molar-refractivity contribution is 5.73. The quantitative estimate of drug-likeness (QED) is 0.403. The number of ether oxygens (including phenoxy) is 1. The second kappa shape index (κ2) is 7.18. The summed E-state index contributed by atoms with van der Waals surface area (Å²) in [7, 11) is 0. The number of hydrogen-bond acceptors (Lipinski definition) is 9. The average molecular weight is 346 g/mol. The molecule has 0 saturated carbocycles. The predicted octanol–water partition coefficient (Wildman–Crippen LogP) is -1.52. The molecular formula is C10H13F3N2O8. The number of nitrogens with zero attached hydrogens (tertiary/aromatic N) is 2. The number of aliphatic hydroxyl groups is 4. The van der Waals surface area contributed by atoms with Crippen LogP contribution in [-0.4, -0.2) is 72.5 Å². The van der Waals surface area contributed by atoms with Gasteiger partial charge in [0.25, 0.3) is 0 Å². The summed E-state index contributed by atoms with van der Waals surface area (Å²) in [4.78, 5) is 8.90. The second-order valence-electron chi connectivity index (χ2n) is 4.38. The fourth-order valence-electron chi connectivity index (χ4n) is 1.49. The lowest BCUT2D eigenvalue weighted by molar-refractivity contribution is -0.288. The second-order valence-corrected chi connectivity index (χ2v) is 4.38. The molecule has 0 bridgehead atoms. The first-order chi connectivity index (χ1) is 10.4. The lowest BCUT2D eigenvalue weighted by atomic mass is 9.99. The normalized spacial score (nSPS) is 31.2. The average Bonchev–Trinajstić information content (AvgIpc) is 2.86. The van der Waals surface area contributed by atoms with Crippen LogP contribution in [0.2, 0.25) is 0 Å². The zero-order chi connectivity index (χ0) is 17.9. The number of aromatic nitrogens is 2. The summed E-state index contributed by atoms with van der Waals surface area (Å²) in [5.74, 6) is -2.55. The lowest BCUT2D eigenvalue weighted by Crippen LogP contribution is -2.54. The Kier molecular flexibility index (Phi) is 6.01. The number of carbonyl (C=O) groups is 1. The molecule has 23 heavy (non-hydrogen) atoms. The van der Waals surface area contributed by atoms with Crippen LogP contribution < -0.4 is 0 Å². The maximum Gasteiger partial charge on any atom is 0.490 e. The SMILES string of the molecule is Cc1nnc(C2O[C@@H](O)[C@H](O)[C@@H](O)[C@@H]2O)o1.O=C(O)C(F)(F)F. The number of alkyl halides is 3. The molecule has 0 aliphatic carbocycles. The van der Waals surface area contributed by atoms with E-state index in [1.54, 1.807) is 6.92 Å². The summed E-state index contributed by atoms with van der Waals surface area (Å²) in [6.07, 6.45) is -12.4. The van der Waals surface area contributed by atoms with Crippen molar-refractivity contribution in [3.8, 4) is 0 Å². The van der Waals surface area contributed by atoms with E-state index in [2.05, 4.69) is 10.2 Å². The van der Waals surface area contributed by atoms with Gasteiger partial charge in [0.1, 0.15) is 18.3 Å². The summed E-state index contributed by atoms with van der Waals surface area (Å²) in [5.41, 5.74) is 0. The van der Waals surface area contributed by atoms with Crippen LogP contribution in [0.15, 0.2) is 4.42 Å². The van der Waals surface area contributed by atoms with Gasteiger partial charge in [-0.05, 0) is 0 Å². The first kappa shape index (κ1) is 19.2. The maximum absolute atomic E-state index is 10.6. The maximum atomic E-state index is 10.6. The summed E-state index contributed by atoms with van der Waals surface area (Å²) in [5, 5.41) is 51.8. The molecule has 0 amide bonds. The molecule has 1 fully saturated rings. The first-order valence-electron chi connectivity index (χ1n) is 5.93. The lowest BCUT2D eigenvalue weighted by Gasteiger charge is -2.36. The predicted molar refractivity (Wildman–Crippen MR) is 60.6 cm³/mol. The van der Waals surface area contributed by atoms with Crippen LogP contribution in [-0.2, 0) is 9.53 Å². The van der Waals surface area contributed by atoms with Gasteiger partial charge >= 0.3 is 12.1 Å². The van der Waals surface area contributed by atoms with Gasteiger partial charge in [0.15, 0.2) is 12.4 Å². The minimum atomic E-state index is -5.08. The number of aliphatic hydroxyl groups excluding tert-OH is 4. The van der Waals surface area contributed by atoms with Gasteiger partial charge in [-0.15, -0.1) is 10.2 Å². The molecular weight excluding hydrogens is 333 g/mol. The molecule has 5 atom stereocenters. The zero-order valence-electron chi connectivity index (χ0n) is 11.4. The van der Waals surface area contributed by atoms with Crippen molar-refractivity contribution in [2.45, 2.75) is 43.8 Å². The largest absolute Gasteiger partial charge is 0.490 e. The number of carboxylic acids is 1. The van der Waals surface area contributed by atoms with E-state index in [-0.39, 0.29) is 11.8 Å². The molecule has 0 radical (unpaired) electrons. The van der Waals surface area contributed by atoms with Gasteiger partial charge in [-0.25, -0.2) is 4.79 Å². The smallest absolute Gasteiger partial charge is 0.475 e. The van der Waals surface area contributed by atoms with Gasteiger partial charge in [-0.2, -0.15) is 13.2 Å². The summed E-state index contributed by atoms with van der Waals surface area (Å²) in [6, 6.07) is 0. The van der Waals surface area contributed by atoms with Crippen LogP contribution in [0.3, 0.4) is 0 Å². The Morgan fingerprint density at radius 2 is 1.61 bits per heavy atom. The highest BCUT2D eigenvalue weighted by Crippen LogP contribution is 2.30. The highest BCUT2D eigenvalue weighted by atomic mass is 19.4. The van der Waals surface area contributed by atoms with E-state index in [1.807, 2.05) is 0 Å². The first-order valence-corrected chi connectivity index (χ1v) is 5.93. The molecule has 1 aromatic rings. The number of halogens is 3. The Bertz CT molecular complexity index is 536. The van der Waals surface area contributed by atoms with Gasteiger partial charge in [-0.3, -0.25) is 0 Å². The van der Waals surface area contributed by atoms with E-state index in [4.69, 9.17) is 19.1 Å². The monoisotopic (exact) mass is 346 g/mol. The van der Waals surface area contributed by atoms with Gasteiger partial charge in [0.2, 0.25) is 11.8 Å². The molecule has 2 rings (SSSR count). The van der Waals surface area contributed by atoms with Crippen LogP contribution in [0.4, 0.5) is 13.2 Å². The topological polar surface area (TPSA) is 166 Å². The third-order valence-corrected chi connectivity index (χ3v) is 2.62. The number of aryl methyl sites for hydroxylation is 1. The molecule has 0 aromatic carbocycles. The van der Waals surface area contributed by atoms with Gasteiger partial charge in [-0.1, -0.05) is 0 Å². The van der Waals surface area contributed by atoms with Crippen molar-refractivity contribution in [2.75, 3.05) is 0 Å². The fourth-order valence-corrected chi connectivity index (χ4v) is 1.49. The highest BCUT2D eigenvalue weighted by Gasteiger charge is 2.45. The molecule has 5 N–H and O–H groups in total. The summed E-state index contributed by atoms with van der Waals surface area (Å²) in [6.45, 7) is 1.55. The summed E-state index contributed by atoms with van der Waals surface area (Å²) < 4.78 is 41.6. The number of aliphatic carboxylic acids is 1. The molecule has 1 aliphatic heterocycles. The van der Waals surface area contributed by atoms with Crippen molar-refractivity contribution in [1.29, 1.82) is 0 Å². The van der Waals surface area contributed by atoms with Gasteiger partial charge in [0.05, 0.1) is 0 Å². The number of carboxylic acid groups (broad SMARTS) is 1. The Balaban J connectivity index is 0.000000322. The number of hydrogen-bond donors (Lipinski definition) is 5. The molecule has 13 heteroatoms. The standard InChI is InChI=1S/C8H12N2O6.C2HF3O2/c1-2-9-10-7(15-2)6-4(12)3(11)5(13)8(14)16-6;3-2(4,5)1(6)7/h3-6,8,11-14H,1H3;(H,6,7)/t3-,4-,5+,6?,8+;/m0./s1. The van der Waals surface area contributed by atoms with Crippen molar-refractivity contribution < 1.29 is 52.7 Å². The van der Waals surface area contributed by atoms with Crippen molar-refractivity contribution in [3.63, 3.8) is 0 Å². The van der Waals surface area contributed by atoms with E-state index in [9.17, 15) is 33.6 Å². The third kappa shape index (κ3) is 4.84. The Labute approximate surface area is 125 Å². The van der Waals surface area contributed by atoms with Crippen molar-refractivity contribution in [1.82, 2.24) is 10.2 Å². The van der Waals surface area contributed by atoms with E-state index in [0.29, 0.717) is 0 Å². The van der Waals surface area contributed by atoms with E-state index in [1.165, 1.54) is 0 Å². The van der Waals surface area contributed by atoms with Gasteiger partial charge in [0, 0.05) is 6.92 Å². The third-order valence-electron chi connectivity index (χ3n) is 2.62. The molecule has 1 unspecified atom stereocenters. The summed E-state index contributed by atoms with van der Waals surface area (Å²) >= 11 is 0. The molecule has 1 aromatic heterocycles. The van der Waals surface area contributed by atoms with E-state index in [0.717, 1.165) is 0 Å². The molecule has 10 nitrogen and oxygen atoms in total. The fraction of sp³-hybridized carbons (Fsp3) is 0.700. The minimum Gasteiger partial charge on any atom is -0.475 e. The molecule has 0 spiro atoms.